The second-order valence-electron chi connectivity index (χ2n) is 3.56. The van der Waals surface area contributed by atoms with E-state index in [-0.39, 0.29) is 0 Å². The van der Waals surface area contributed by atoms with E-state index >= 15 is 0 Å². The molecule has 0 saturated heterocycles. The lowest BCUT2D eigenvalue weighted by Gasteiger charge is -1.97. The van der Waals surface area contributed by atoms with Crippen LogP contribution >= 0.6 is 27.3 Å². The molecule has 0 aliphatic heterocycles. The molecule has 16 heavy (non-hydrogen) atoms. The third kappa shape index (κ3) is 1.56. The predicted molar refractivity (Wildman–Crippen MR) is 68.7 cm³/mol. The van der Waals surface area contributed by atoms with Gasteiger partial charge < -0.3 is 0 Å². The molecule has 0 atom stereocenters. The zero-order chi connectivity index (χ0) is 11.1. The molecule has 3 rings (SSSR count). The number of fused-ring (bicyclic) bond motifs is 1. The number of hydrogen-bond acceptors (Lipinski definition) is 3. The van der Waals surface area contributed by atoms with Crippen LogP contribution in [0.15, 0.2) is 34.2 Å². The first-order valence-electron chi connectivity index (χ1n) is 4.81. The Balaban J connectivity index is 2.25. The quantitative estimate of drug-likeness (QED) is 0.687. The molecule has 0 fully saturated rings. The summed E-state index contributed by atoms with van der Waals surface area (Å²) >= 11 is 5.11. The van der Waals surface area contributed by atoms with E-state index < -0.39 is 0 Å². The number of pyridine rings is 1. The summed E-state index contributed by atoms with van der Waals surface area (Å²) < 4.78 is 3.11. The van der Waals surface area contributed by atoms with Gasteiger partial charge in [0.2, 0.25) is 0 Å². The summed E-state index contributed by atoms with van der Waals surface area (Å²) in [4.78, 5) is 1.11. The Morgan fingerprint density at radius 3 is 2.88 bits per heavy atom. The van der Waals surface area contributed by atoms with Crippen molar-refractivity contribution in [1.29, 1.82) is 0 Å². The van der Waals surface area contributed by atoms with Gasteiger partial charge >= 0.3 is 0 Å². The minimum absolute atomic E-state index is 0.888. The van der Waals surface area contributed by atoms with Gasteiger partial charge in [-0.1, -0.05) is 0 Å². The topological polar surface area (TPSA) is 30.2 Å². The number of aryl methyl sites for hydroxylation is 1. The maximum atomic E-state index is 4.22. The van der Waals surface area contributed by atoms with Gasteiger partial charge in [-0.3, -0.25) is 4.40 Å². The Bertz CT molecular complexity index is 656. The van der Waals surface area contributed by atoms with Crippen molar-refractivity contribution in [3.8, 4) is 10.7 Å². The fourth-order valence-corrected chi connectivity index (χ4v) is 2.96. The minimum atomic E-state index is 0.888. The van der Waals surface area contributed by atoms with Crippen LogP contribution < -0.4 is 0 Å². The Hall–Kier alpha value is -1.20. The summed E-state index contributed by atoms with van der Waals surface area (Å²) in [5.41, 5.74) is 2.08. The minimum Gasteiger partial charge on any atom is -0.282 e. The first kappa shape index (κ1) is 9.99. The SMILES string of the molecule is Cc1ccn2c(-c3ccc(Br)s3)nnc2c1. The molecule has 5 heteroatoms. The Morgan fingerprint density at radius 1 is 1.25 bits per heavy atom. The van der Waals surface area contributed by atoms with E-state index in [0.29, 0.717) is 0 Å². The van der Waals surface area contributed by atoms with E-state index in [9.17, 15) is 0 Å². The highest BCUT2D eigenvalue weighted by molar-refractivity contribution is 9.11. The number of halogens is 1. The van der Waals surface area contributed by atoms with Crippen molar-refractivity contribution in [3.05, 3.63) is 39.8 Å². The standard InChI is InChI=1S/C11H8BrN3S/c1-7-4-5-15-10(6-7)13-14-11(15)8-2-3-9(12)16-8/h2-6H,1H3. The van der Waals surface area contributed by atoms with Gasteiger partial charge in [0, 0.05) is 6.20 Å². The van der Waals surface area contributed by atoms with Crippen molar-refractivity contribution in [2.45, 2.75) is 6.92 Å². The number of hydrogen-bond donors (Lipinski definition) is 0. The largest absolute Gasteiger partial charge is 0.282 e. The highest BCUT2D eigenvalue weighted by Gasteiger charge is 2.09. The van der Waals surface area contributed by atoms with E-state index in [1.807, 2.05) is 28.8 Å². The second-order valence-corrected chi connectivity index (χ2v) is 6.02. The summed E-state index contributed by atoms with van der Waals surface area (Å²) in [5, 5.41) is 8.39. The Labute approximate surface area is 105 Å². The predicted octanol–water partition coefficient (Wildman–Crippen LogP) is 3.53. The molecule has 0 aliphatic carbocycles. The maximum Gasteiger partial charge on any atom is 0.178 e. The molecule has 80 valence electrons. The van der Waals surface area contributed by atoms with Gasteiger partial charge in [0.15, 0.2) is 11.5 Å². The van der Waals surface area contributed by atoms with Gasteiger partial charge in [0.1, 0.15) is 0 Å². The smallest absolute Gasteiger partial charge is 0.178 e. The molecule has 3 aromatic rings. The van der Waals surface area contributed by atoms with Gasteiger partial charge in [-0.2, -0.15) is 0 Å². The summed E-state index contributed by atoms with van der Waals surface area (Å²) in [5.74, 6) is 0.894. The second kappa shape index (κ2) is 3.68. The van der Waals surface area contributed by atoms with Crippen LogP contribution in [0.25, 0.3) is 16.3 Å². The summed E-state index contributed by atoms with van der Waals surface area (Å²) in [6.07, 6.45) is 2.01. The molecule has 0 N–H and O–H groups in total. The monoisotopic (exact) mass is 293 g/mol. The van der Waals surface area contributed by atoms with Crippen molar-refractivity contribution >= 4 is 32.9 Å². The fraction of sp³-hybridized carbons (Fsp3) is 0.0909. The molecule has 0 spiro atoms. The van der Waals surface area contributed by atoms with E-state index in [1.165, 1.54) is 5.56 Å². The normalized spacial score (nSPS) is 11.1. The lowest BCUT2D eigenvalue weighted by atomic mass is 10.3. The van der Waals surface area contributed by atoms with Crippen LogP contribution in [-0.2, 0) is 0 Å². The van der Waals surface area contributed by atoms with E-state index in [2.05, 4.69) is 39.1 Å². The van der Waals surface area contributed by atoms with Crippen LogP contribution in [0.1, 0.15) is 5.56 Å². The van der Waals surface area contributed by atoms with Gasteiger partial charge in [0.25, 0.3) is 0 Å². The van der Waals surface area contributed by atoms with Gasteiger partial charge in [0.05, 0.1) is 8.66 Å². The lowest BCUT2D eigenvalue weighted by molar-refractivity contribution is 1.12. The summed E-state index contributed by atoms with van der Waals surface area (Å²) in [6, 6.07) is 8.15. The van der Waals surface area contributed by atoms with Gasteiger partial charge in [-0.25, -0.2) is 0 Å². The Kier molecular flexibility index (Phi) is 2.29. The molecule has 0 radical (unpaired) electrons. The van der Waals surface area contributed by atoms with Crippen LogP contribution in [0, 0.1) is 6.92 Å². The van der Waals surface area contributed by atoms with Crippen LogP contribution in [0.2, 0.25) is 0 Å². The number of thiophene rings is 1. The molecule has 0 bridgehead atoms. The third-order valence-electron chi connectivity index (χ3n) is 2.36. The van der Waals surface area contributed by atoms with Gasteiger partial charge in [-0.05, 0) is 52.7 Å². The van der Waals surface area contributed by atoms with Crippen LogP contribution in [0.4, 0.5) is 0 Å². The molecule has 0 saturated carbocycles. The number of rotatable bonds is 1. The fourth-order valence-electron chi connectivity index (χ4n) is 1.60. The first-order valence-corrected chi connectivity index (χ1v) is 6.42. The zero-order valence-electron chi connectivity index (χ0n) is 8.51. The Morgan fingerprint density at radius 2 is 2.12 bits per heavy atom. The molecule has 3 nitrogen and oxygen atoms in total. The van der Waals surface area contributed by atoms with Crippen molar-refractivity contribution in [2.24, 2.45) is 0 Å². The summed E-state index contributed by atoms with van der Waals surface area (Å²) in [7, 11) is 0. The van der Waals surface area contributed by atoms with Crippen LogP contribution in [0.3, 0.4) is 0 Å². The van der Waals surface area contributed by atoms with Crippen LogP contribution in [0.5, 0.6) is 0 Å². The molecular formula is C11H8BrN3S. The van der Waals surface area contributed by atoms with E-state index in [0.717, 1.165) is 20.1 Å². The maximum absolute atomic E-state index is 4.22. The number of nitrogens with zero attached hydrogens (tertiary/aromatic N) is 3. The zero-order valence-corrected chi connectivity index (χ0v) is 10.9. The highest BCUT2D eigenvalue weighted by Crippen LogP contribution is 2.30. The summed E-state index contributed by atoms with van der Waals surface area (Å²) in [6.45, 7) is 2.05. The lowest BCUT2D eigenvalue weighted by Crippen LogP contribution is -1.87. The average molecular weight is 294 g/mol. The molecule has 3 aromatic heterocycles. The van der Waals surface area contributed by atoms with E-state index in [4.69, 9.17) is 0 Å². The van der Waals surface area contributed by atoms with Crippen molar-refractivity contribution in [3.63, 3.8) is 0 Å². The number of aromatic nitrogens is 3. The van der Waals surface area contributed by atoms with Gasteiger partial charge in [-0.15, -0.1) is 21.5 Å². The third-order valence-corrected chi connectivity index (χ3v) is 3.98. The first-order chi connectivity index (χ1) is 7.74. The molecule has 0 aliphatic rings. The molecular weight excluding hydrogens is 286 g/mol. The van der Waals surface area contributed by atoms with E-state index in [1.54, 1.807) is 11.3 Å². The van der Waals surface area contributed by atoms with Crippen molar-refractivity contribution in [1.82, 2.24) is 14.6 Å². The molecule has 0 unspecified atom stereocenters. The van der Waals surface area contributed by atoms with Crippen molar-refractivity contribution in [2.75, 3.05) is 0 Å². The molecule has 0 amide bonds. The van der Waals surface area contributed by atoms with Crippen LogP contribution in [-0.4, -0.2) is 14.6 Å². The molecule has 3 heterocycles. The average Bonchev–Trinajstić information content (AvgIpc) is 2.83. The highest BCUT2D eigenvalue weighted by atomic mass is 79.9. The van der Waals surface area contributed by atoms with Crippen molar-refractivity contribution < 1.29 is 0 Å². The molecule has 0 aromatic carbocycles.